The molecule has 0 bridgehead atoms. The summed E-state index contributed by atoms with van der Waals surface area (Å²) in [6.07, 6.45) is 0. The molecule has 2 aromatic heterocycles. The maximum atomic E-state index is 12.9. The Morgan fingerprint density at radius 3 is 2.26 bits per heavy atom. The lowest BCUT2D eigenvalue weighted by atomic mass is 10.2. The predicted molar refractivity (Wildman–Crippen MR) is 108 cm³/mol. The summed E-state index contributed by atoms with van der Waals surface area (Å²) in [6, 6.07) is 11.3. The van der Waals surface area contributed by atoms with Crippen molar-refractivity contribution in [1.82, 2.24) is 14.8 Å². The van der Waals surface area contributed by atoms with Gasteiger partial charge in [-0.15, -0.1) is 11.3 Å². The number of carbonyl (C=O) groups is 2. The number of piperazine rings is 1. The van der Waals surface area contributed by atoms with E-state index in [1.165, 1.54) is 11.3 Å². The van der Waals surface area contributed by atoms with Crippen LogP contribution in [0.3, 0.4) is 0 Å². The Kier molecular flexibility index (Phi) is 5.05. The van der Waals surface area contributed by atoms with Crippen LogP contribution in [0.25, 0.3) is 10.6 Å². The molecule has 0 atom stereocenters. The van der Waals surface area contributed by atoms with E-state index in [1.54, 1.807) is 11.3 Å². The smallest absolute Gasteiger partial charge is 0.265 e. The van der Waals surface area contributed by atoms with Gasteiger partial charge in [0.25, 0.3) is 11.8 Å². The third kappa shape index (κ3) is 3.65. The summed E-state index contributed by atoms with van der Waals surface area (Å²) in [7, 11) is 0. The molecule has 1 aliphatic heterocycles. The van der Waals surface area contributed by atoms with Gasteiger partial charge in [-0.1, -0.05) is 18.2 Å². The molecule has 0 saturated carbocycles. The van der Waals surface area contributed by atoms with Gasteiger partial charge in [-0.3, -0.25) is 9.59 Å². The van der Waals surface area contributed by atoms with Crippen molar-refractivity contribution in [3.05, 3.63) is 63.3 Å². The Bertz CT molecular complexity index is 943. The van der Waals surface area contributed by atoms with Crippen molar-refractivity contribution in [2.45, 2.75) is 6.92 Å². The SMILES string of the molecule is Cc1nc(-c2ccsc2)sc1C(=O)N1CCN(C(=O)c2ccccc2)CC1. The first-order chi connectivity index (χ1) is 13.1. The van der Waals surface area contributed by atoms with Gasteiger partial charge in [0.2, 0.25) is 0 Å². The number of benzene rings is 1. The molecule has 4 rings (SSSR count). The molecule has 1 aliphatic rings. The van der Waals surface area contributed by atoms with Crippen molar-refractivity contribution in [3.63, 3.8) is 0 Å². The zero-order valence-corrected chi connectivity index (χ0v) is 16.6. The number of aryl methyl sites for hydroxylation is 1. The van der Waals surface area contributed by atoms with Gasteiger partial charge in [-0.05, 0) is 30.5 Å². The molecule has 0 aliphatic carbocycles. The summed E-state index contributed by atoms with van der Waals surface area (Å²) in [4.78, 5) is 34.4. The number of hydrogen-bond acceptors (Lipinski definition) is 5. The van der Waals surface area contributed by atoms with Gasteiger partial charge < -0.3 is 9.80 Å². The van der Waals surface area contributed by atoms with E-state index < -0.39 is 0 Å². The molecule has 1 aromatic carbocycles. The molecular weight excluding hydrogens is 378 g/mol. The lowest BCUT2D eigenvalue weighted by molar-refractivity contribution is 0.0537. The Labute approximate surface area is 165 Å². The van der Waals surface area contributed by atoms with E-state index in [4.69, 9.17) is 0 Å². The lowest BCUT2D eigenvalue weighted by Gasteiger charge is -2.34. The van der Waals surface area contributed by atoms with E-state index in [2.05, 4.69) is 4.98 Å². The fourth-order valence-electron chi connectivity index (χ4n) is 3.12. The first kappa shape index (κ1) is 17.9. The molecule has 2 amide bonds. The number of amides is 2. The molecule has 0 radical (unpaired) electrons. The van der Waals surface area contributed by atoms with E-state index in [1.807, 2.05) is 63.9 Å². The molecule has 138 valence electrons. The van der Waals surface area contributed by atoms with E-state index in [0.29, 0.717) is 36.6 Å². The molecule has 3 heterocycles. The molecule has 1 fully saturated rings. The number of carbonyl (C=O) groups excluding carboxylic acids is 2. The van der Waals surface area contributed by atoms with Gasteiger partial charge in [0.15, 0.2) is 0 Å². The normalized spacial score (nSPS) is 14.4. The number of aromatic nitrogens is 1. The Morgan fingerprint density at radius 1 is 0.963 bits per heavy atom. The van der Waals surface area contributed by atoms with Crippen LogP contribution in [0, 0.1) is 6.92 Å². The van der Waals surface area contributed by atoms with Gasteiger partial charge in [0.05, 0.1) is 5.69 Å². The van der Waals surface area contributed by atoms with Gasteiger partial charge >= 0.3 is 0 Å². The average Bonchev–Trinajstić information content (AvgIpc) is 3.37. The van der Waals surface area contributed by atoms with Crippen LogP contribution >= 0.6 is 22.7 Å². The summed E-state index contributed by atoms with van der Waals surface area (Å²) >= 11 is 3.07. The second-order valence-electron chi connectivity index (χ2n) is 6.40. The minimum atomic E-state index is 0.0123. The second kappa shape index (κ2) is 7.62. The van der Waals surface area contributed by atoms with Crippen LogP contribution in [0.5, 0.6) is 0 Å². The molecule has 0 N–H and O–H groups in total. The zero-order chi connectivity index (χ0) is 18.8. The molecular formula is C20H19N3O2S2. The minimum absolute atomic E-state index is 0.0123. The number of rotatable bonds is 3. The van der Waals surface area contributed by atoms with Crippen molar-refractivity contribution >= 4 is 34.5 Å². The van der Waals surface area contributed by atoms with E-state index in [0.717, 1.165) is 16.3 Å². The maximum Gasteiger partial charge on any atom is 0.265 e. The molecule has 1 saturated heterocycles. The number of nitrogens with zero attached hydrogens (tertiary/aromatic N) is 3. The minimum Gasteiger partial charge on any atom is -0.335 e. The van der Waals surface area contributed by atoms with Gasteiger partial charge in [0.1, 0.15) is 9.88 Å². The topological polar surface area (TPSA) is 53.5 Å². The molecule has 5 nitrogen and oxygen atoms in total. The fourth-order valence-corrected chi connectivity index (χ4v) is 4.87. The monoisotopic (exact) mass is 397 g/mol. The summed E-state index contributed by atoms with van der Waals surface area (Å²) in [5.74, 6) is 0.0368. The zero-order valence-electron chi connectivity index (χ0n) is 14.9. The van der Waals surface area contributed by atoms with E-state index in [9.17, 15) is 9.59 Å². The highest BCUT2D eigenvalue weighted by Gasteiger charge is 2.27. The number of thiophene rings is 1. The van der Waals surface area contributed by atoms with Crippen molar-refractivity contribution in [2.75, 3.05) is 26.2 Å². The van der Waals surface area contributed by atoms with E-state index in [-0.39, 0.29) is 11.8 Å². The van der Waals surface area contributed by atoms with Crippen LogP contribution < -0.4 is 0 Å². The van der Waals surface area contributed by atoms with E-state index >= 15 is 0 Å². The third-order valence-electron chi connectivity index (χ3n) is 4.63. The van der Waals surface area contributed by atoms with Crippen LogP contribution in [0.4, 0.5) is 0 Å². The van der Waals surface area contributed by atoms with Crippen LogP contribution in [0.15, 0.2) is 47.2 Å². The highest BCUT2D eigenvalue weighted by atomic mass is 32.1. The summed E-state index contributed by atoms with van der Waals surface area (Å²) < 4.78 is 0. The highest BCUT2D eigenvalue weighted by molar-refractivity contribution is 7.17. The largest absolute Gasteiger partial charge is 0.335 e. The standard InChI is InChI=1S/C20H19N3O2S2/c1-14-17(27-18(21-14)16-7-12-26-13-16)20(25)23-10-8-22(9-11-23)19(24)15-5-3-2-4-6-15/h2-7,12-13H,8-11H2,1H3. The first-order valence-corrected chi connectivity index (χ1v) is 10.5. The first-order valence-electron chi connectivity index (χ1n) is 8.77. The Morgan fingerprint density at radius 2 is 1.63 bits per heavy atom. The summed E-state index contributed by atoms with van der Waals surface area (Å²) in [6.45, 7) is 4.07. The van der Waals surface area contributed by atoms with Crippen molar-refractivity contribution in [2.24, 2.45) is 0 Å². The second-order valence-corrected chi connectivity index (χ2v) is 8.18. The predicted octanol–water partition coefficient (Wildman–Crippen LogP) is 3.78. The fraction of sp³-hybridized carbons (Fsp3) is 0.250. The highest BCUT2D eigenvalue weighted by Crippen LogP contribution is 2.30. The lowest BCUT2D eigenvalue weighted by Crippen LogP contribution is -2.50. The van der Waals surface area contributed by atoms with Crippen LogP contribution in [0.2, 0.25) is 0 Å². The van der Waals surface area contributed by atoms with Gasteiger partial charge in [-0.25, -0.2) is 4.98 Å². The summed E-state index contributed by atoms with van der Waals surface area (Å²) in [5, 5.41) is 4.94. The van der Waals surface area contributed by atoms with Crippen molar-refractivity contribution in [1.29, 1.82) is 0 Å². The number of thiazole rings is 1. The van der Waals surface area contributed by atoms with Crippen LogP contribution in [-0.4, -0.2) is 52.8 Å². The quantitative estimate of drug-likeness (QED) is 0.676. The molecule has 0 spiro atoms. The molecule has 27 heavy (non-hydrogen) atoms. The van der Waals surface area contributed by atoms with Crippen molar-refractivity contribution < 1.29 is 9.59 Å². The maximum absolute atomic E-state index is 12.9. The molecule has 7 heteroatoms. The van der Waals surface area contributed by atoms with Crippen molar-refractivity contribution in [3.8, 4) is 10.6 Å². The van der Waals surface area contributed by atoms with Gasteiger partial charge in [-0.2, -0.15) is 11.3 Å². The third-order valence-corrected chi connectivity index (χ3v) is 6.51. The Balaban J connectivity index is 1.43. The Hall–Kier alpha value is -2.51. The average molecular weight is 398 g/mol. The summed E-state index contributed by atoms with van der Waals surface area (Å²) in [5.41, 5.74) is 2.52. The van der Waals surface area contributed by atoms with Crippen LogP contribution in [0.1, 0.15) is 25.7 Å². The van der Waals surface area contributed by atoms with Crippen LogP contribution in [-0.2, 0) is 0 Å². The number of hydrogen-bond donors (Lipinski definition) is 0. The molecule has 0 unspecified atom stereocenters. The molecule has 3 aromatic rings. The van der Waals surface area contributed by atoms with Gasteiger partial charge in [0, 0.05) is 42.7 Å².